The predicted octanol–water partition coefficient (Wildman–Crippen LogP) is 3.94. The monoisotopic (exact) mass is 278 g/mol. The zero-order valence-corrected chi connectivity index (χ0v) is 12.3. The molecule has 102 valence electrons. The highest BCUT2D eigenvalue weighted by molar-refractivity contribution is 6.31. The Labute approximate surface area is 118 Å². The fraction of sp³-hybridized carbons (Fsp3) is 0.400. The Morgan fingerprint density at radius 2 is 2.11 bits per heavy atom. The Morgan fingerprint density at radius 3 is 2.74 bits per heavy atom. The Morgan fingerprint density at radius 1 is 1.37 bits per heavy atom. The molecule has 1 heterocycles. The first kappa shape index (κ1) is 14.1. The van der Waals surface area contributed by atoms with E-state index in [1.54, 1.807) is 20.0 Å². The lowest BCUT2D eigenvalue weighted by Crippen LogP contribution is -2.19. The minimum Gasteiger partial charge on any atom is -0.386 e. The second-order valence-electron chi connectivity index (χ2n) is 5.19. The highest BCUT2D eigenvalue weighted by atomic mass is 35.5. The maximum atomic E-state index is 10.4. The van der Waals surface area contributed by atoms with Crippen LogP contribution in [-0.2, 0) is 5.60 Å². The fourth-order valence-electron chi connectivity index (χ4n) is 2.22. The number of nitrogens with one attached hydrogen (secondary N) is 1. The van der Waals surface area contributed by atoms with Crippen molar-refractivity contribution in [3.8, 4) is 0 Å². The van der Waals surface area contributed by atoms with Gasteiger partial charge in [0.25, 0.3) is 0 Å². The van der Waals surface area contributed by atoms with Gasteiger partial charge in [-0.25, -0.2) is 0 Å². The van der Waals surface area contributed by atoms with Gasteiger partial charge in [-0.3, -0.25) is 4.98 Å². The second-order valence-corrected chi connectivity index (χ2v) is 5.63. The van der Waals surface area contributed by atoms with Crippen molar-refractivity contribution in [3.05, 3.63) is 35.0 Å². The van der Waals surface area contributed by atoms with E-state index in [-0.39, 0.29) is 0 Å². The number of hydrogen-bond donors (Lipinski definition) is 2. The third-order valence-corrected chi connectivity index (χ3v) is 3.24. The number of aliphatic hydroxyl groups is 1. The van der Waals surface area contributed by atoms with Crippen molar-refractivity contribution >= 4 is 28.2 Å². The maximum absolute atomic E-state index is 10.4. The predicted molar refractivity (Wildman–Crippen MR) is 80.8 cm³/mol. The van der Waals surface area contributed by atoms with Crippen molar-refractivity contribution < 1.29 is 5.11 Å². The largest absolute Gasteiger partial charge is 0.386 e. The summed E-state index contributed by atoms with van der Waals surface area (Å²) >= 11 is 6.07. The normalized spacial score (nSPS) is 11.8. The molecule has 0 radical (unpaired) electrons. The van der Waals surface area contributed by atoms with Gasteiger partial charge in [0.1, 0.15) is 0 Å². The minimum absolute atomic E-state index is 0.646. The summed E-state index contributed by atoms with van der Waals surface area (Å²) in [6, 6.07) is 5.54. The highest BCUT2D eigenvalue weighted by Gasteiger charge is 2.23. The van der Waals surface area contributed by atoms with Crippen LogP contribution in [-0.4, -0.2) is 16.6 Å². The Hall–Kier alpha value is -1.32. The molecule has 1 aromatic heterocycles. The van der Waals surface area contributed by atoms with Gasteiger partial charge in [-0.2, -0.15) is 0 Å². The lowest BCUT2D eigenvalue weighted by atomic mass is 9.93. The van der Waals surface area contributed by atoms with Crippen LogP contribution in [0, 0.1) is 0 Å². The zero-order valence-electron chi connectivity index (χ0n) is 11.5. The summed E-state index contributed by atoms with van der Waals surface area (Å²) in [7, 11) is 0. The van der Waals surface area contributed by atoms with Crippen molar-refractivity contribution in [1.29, 1.82) is 0 Å². The van der Waals surface area contributed by atoms with Crippen LogP contribution in [0.15, 0.2) is 24.4 Å². The van der Waals surface area contributed by atoms with Gasteiger partial charge in [0.15, 0.2) is 0 Å². The van der Waals surface area contributed by atoms with Gasteiger partial charge < -0.3 is 10.4 Å². The molecule has 0 saturated carbocycles. The third kappa shape index (κ3) is 2.99. The minimum atomic E-state index is -0.956. The third-order valence-electron chi connectivity index (χ3n) is 3.01. The molecule has 1 aromatic carbocycles. The summed E-state index contributed by atoms with van der Waals surface area (Å²) in [6.07, 6.45) is 2.79. The van der Waals surface area contributed by atoms with Crippen LogP contribution in [0.5, 0.6) is 0 Å². The molecule has 0 amide bonds. The van der Waals surface area contributed by atoms with E-state index in [1.165, 1.54) is 0 Å². The molecule has 0 aliphatic carbocycles. The summed E-state index contributed by atoms with van der Waals surface area (Å²) < 4.78 is 0. The smallest absolute Gasteiger partial charge is 0.0867 e. The summed E-state index contributed by atoms with van der Waals surface area (Å²) in [5.41, 5.74) is 1.59. The van der Waals surface area contributed by atoms with E-state index in [0.29, 0.717) is 5.02 Å². The van der Waals surface area contributed by atoms with Crippen LogP contribution in [0.1, 0.15) is 32.8 Å². The maximum Gasteiger partial charge on any atom is 0.0867 e. The van der Waals surface area contributed by atoms with E-state index in [4.69, 9.17) is 11.6 Å². The number of halogens is 1. The summed E-state index contributed by atoms with van der Waals surface area (Å²) in [5.74, 6) is 0. The van der Waals surface area contributed by atoms with Crippen molar-refractivity contribution in [2.24, 2.45) is 0 Å². The first-order valence-electron chi connectivity index (χ1n) is 6.48. The highest BCUT2D eigenvalue weighted by Crippen LogP contribution is 2.34. The van der Waals surface area contributed by atoms with E-state index < -0.39 is 5.60 Å². The molecule has 4 heteroatoms. The van der Waals surface area contributed by atoms with Crippen LogP contribution in [0.2, 0.25) is 5.02 Å². The van der Waals surface area contributed by atoms with Gasteiger partial charge in [-0.05, 0) is 38.5 Å². The second kappa shape index (κ2) is 5.35. The molecular weight excluding hydrogens is 260 g/mol. The first-order chi connectivity index (χ1) is 8.93. The van der Waals surface area contributed by atoms with Crippen LogP contribution in [0.4, 0.5) is 5.69 Å². The average molecular weight is 279 g/mol. The lowest BCUT2D eigenvalue weighted by molar-refractivity contribution is 0.0808. The van der Waals surface area contributed by atoms with Crippen LogP contribution >= 0.6 is 11.6 Å². The molecule has 0 saturated heterocycles. The molecule has 0 atom stereocenters. The van der Waals surface area contributed by atoms with Crippen LogP contribution in [0.3, 0.4) is 0 Å². The van der Waals surface area contributed by atoms with E-state index in [9.17, 15) is 5.11 Å². The topological polar surface area (TPSA) is 45.2 Å². The van der Waals surface area contributed by atoms with E-state index >= 15 is 0 Å². The van der Waals surface area contributed by atoms with Gasteiger partial charge in [0.05, 0.1) is 23.0 Å². The first-order valence-corrected chi connectivity index (χ1v) is 6.86. The van der Waals surface area contributed by atoms with Crippen LogP contribution < -0.4 is 5.32 Å². The molecule has 0 spiro atoms. The molecule has 19 heavy (non-hydrogen) atoms. The number of fused-ring (bicyclic) bond motifs is 1. The molecule has 2 aromatic rings. The average Bonchev–Trinajstić information content (AvgIpc) is 2.33. The molecule has 0 aliphatic rings. The lowest BCUT2D eigenvalue weighted by Gasteiger charge is -2.24. The standard InChI is InChI=1S/C15H19ClN2O/c1-4-7-17-13-9-18-12-6-5-10(16)8-11(12)14(13)15(2,3)19/h5-6,8-9,17,19H,4,7H2,1-3H3. The SMILES string of the molecule is CCCNc1cnc2ccc(Cl)cc2c1C(C)(C)O. The Kier molecular flexibility index (Phi) is 3.97. The summed E-state index contributed by atoms with van der Waals surface area (Å²) in [4.78, 5) is 4.42. The Bertz CT molecular complexity index is 590. The summed E-state index contributed by atoms with van der Waals surface area (Å²) in [6.45, 7) is 6.50. The van der Waals surface area contributed by atoms with Crippen molar-refractivity contribution in [2.45, 2.75) is 32.8 Å². The molecule has 0 fully saturated rings. The number of anilines is 1. The van der Waals surface area contributed by atoms with Crippen molar-refractivity contribution in [1.82, 2.24) is 4.98 Å². The van der Waals surface area contributed by atoms with Gasteiger partial charge in [-0.1, -0.05) is 18.5 Å². The van der Waals surface area contributed by atoms with Gasteiger partial charge >= 0.3 is 0 Å². The number of hydrogen-bond acceptors (Lipinski definition) is 3. The zero-order chi connectivity index (χ0) is 14.0. The molecule has 2 N–H and O–H groups in total. The molecular formula is C15H19ClN2O. The summed E-state index contributed by atoms with van der Waals surface area (Å²) in [5, 5.41) is 15.3. The number of nitrogens with zero attached hydrogens (tertiary/aromatic N) is 1. The molecule has 3 nitrogen and oxygen atoms in total. The Balaban J connectivity index is 2.69. The molecule has 0 bridgehead atoms. The van der Waals surface area contributed by atoms with Gasteiger partial charge in [0.2, 0.25) is 0 Å². The quantitative estimate of drug-likeness (QED) is 0.890. The van der Waals surface area contributed by atoms with E-state index in [1.807, 2.05) is 18.2 Å². The molecule has 2 rings (SSSR count). The number of pyridine rings is 1. The van der Waals surface area contributed by atoms with E-state index in [2.05, 4.69) is 17.2 Å². The van der Waals surface area contributed by atoms with Crippen molar-refractivity contribution in [2.75, 3.05) is 11.9 Å². The van der Waals surface area contributed by atoms with Gasteiger partial charge in [0, 0.05) is 22.5 Å². The molecule has 0 aliphatic heterocycles. The molecule has 0 unspecified atom stereocenters. The van der Waals surface area contributed by atoms with Gasteiger partial charge in [-0.15, -0.1) is 0 Å². The number of aromatic nitrogens is 1. The fourth-order valence-corrected chi connectivity index (χ4v) is 2.39. The van der Waals surface area contributed by atoms with Crippen molar-refractivity contribution in [3.63, 3.8) is 0 Å². The van der Waals surface area contributed by atoms with E-state index in [0.717, 1.165) is 35.1 Å². The van der Waals surface area contributed by atoms with Crippen LogP contribution in [0.25, 0.3) is 10.9 Å². The number of rotatable bonds is 4. The number of benzene rings is 1.